The number of carbonyl (C=O) groups is 1. The molecule has 2 heterocycles. The van der Waals surface area contributed by atoms with Gasteiger partial charge in [0.15, 0.2) is 0 Å². The molecule has 0 aliphatic carbocycles. The summed E-state index contributed by atoms with van der Waals surface area (Å²) in [4.78, 5) is 12.3. The minimum absolute atomic E-state index is 0.120. The van der Waals surface area contributed by atoms with Crippen molar-refractivity contribution < 1.29 is 17.6 Å². The molecule has 0 radical (unpaired) electrons. The molecule has 0 saturated carbocycles. The third-order valence-corrected chi connectivity index (χ3v) is 5.04. The lowest BCUT2D eigenvalue weighted by atomic mass is 9.98. The van der Waals surface area contributed by atoms with E-state index in [1.165, 1.54) is 10.6 Å². The SMILES string of the molecule is Cc1ccc(C(C)NC(=O)C2CCCN(S(C)(=O)=O)C2)o1. The van der Waals surface area contributed by atoms with E-state index >= 15 is 0 Å². The monoisotopic (exact) mass is 314 g/mol. The summed E-state index contributed by atoms with van der Waals surface area (Å²) in [6.07, 6.45) is 2.60. The van der Waals surface area contributed by atoms with Crippen molar-refractivity contribution in [1.29, 1.82) is 0 Å². The number of nitrogens with one attached hydrogen (secondary N) is 1. The van der Waals surface area contributed by atoms with E-state index in [9.17, 15) is 13.2 Å². The van der Waals surface area contributed by atoms with Crippen LogP contribution in [-0.2, 0) is 14.8 Å². The summed E-state index contributed by atoms with van der Waals surface area (Å²) in [6.45, 7) is 4.46. The van der Waals surface area contributed by atoms with Crippen LogP contribution in [-0.4, -0.2) is 38.0 Å². The zero-order valence-electron chi connectivity index (χ0n) is 12.6. The maximum Gasteiger partial charge on any atom is 0.225 e. The lowest BCUT2D eigenvalue weighted by molar-refractivity contribution is -0.126. The van der Waals surface area contributed by atoms with Gasteiger partial charge < -0.3 is 9.73 Å². The molecule has 21 heavy (non-hydrogen) atoms. The van der Waals surface area contributed by atoms with E-state index in [-0.39, 0.29) is 24.4 Å². The fraction of sp³-hybridized carbons (Fsp3) is 0.643. The van der Waals surface area contributed by atoms with Crippen LogP contribution in [0.3, 0.4) is 0 Å². The van der Waals surface area contributed by atoms with E-state index in [2.05, 4.69) is 5.32 Å². The predicted octanol–water partition coefficient (Wildman–Crippen LogP) is 1.44. The Balaban J connectivity index is 1.97. The van der Waals surface area contributed by atoms with Gasteiger partial charge in [-0.1, -0.05) is 0 Å². The van der Waals surface area contributed by atoms with Gasteiger partial charge in [0.25, 0.3) is 0 Å². The number of nitrogens with zero attached hydrogens (tertiary/aromatic N) is 1. The highest BCUT2D eigenvalue weighted by molar-refractivity contribution is 7.88. The molecule has 118 valence electrons. The third kappa shape index (κ3) is 4.07. The maximum atomic E-state index is 12.3. The van der Waals surface area contributed by atoms with Gasteiger partial charge in [0.1, 0.15) is 11.5 Å². The molecular weight excluding hydrogens is 292 g/mol. The van der Waals surface area contributed by atoms with E-state index in [1.54, 1.807) is 0 Å². The highest BCUT2D eigenvalue weighted by atomic mass is 32.2. The molecule has 2 unspecified atom stereocenters. The number of furan rings is 1. The van der Waals surface area contributed by atoms with E-state index in [4.69, 9.17) is 4.42 Å². The highest BCUT2D eigenvalue weighted by Gasteiger charge is 2.30. The second kappa shape index (κ2) is 6.19. The molecule has 1 amide bonds. The van der Waals surface area contributed by atoms with Crippen molar-refractivity contribution in [3.63, 3.8) is 0 Å². The molecule has 1 N–H and O–H groups in total. The fourth-order valence-corrected chi connectivity index (χ4v) is 3.46. The van der Waals surface area contributed by atoms with Gasteiger partial charge in [-0.2, -0.15) is 0 Å². The van der Waals surface area contributed by atoms with Gasteiger partial charge in [-0.3, -0.25) is 4.79 Å². The minimum atomic E-state index is -3.23. The second-order valence-corrected chi connectivity index (χ2v) is 7.62. The van der Waals surface area contributed by atoms with Crippen LogP contribution in [0.15, 0.2) is 16.5 Å². The Bertz CT molecular complexity index is 608. The largest absolute Gasteiger partial charge is 0.464 e. The van der Waals surface area contributed by atoms with Crippen molar-refractivity contribution in [2.45, 2.75) is 32.7 Å². The van der Waals surface area contributed by atoms with E-state index in [1.807, 2.05) is 26.0 Å². The molecule has 1 saturated heterocycles. The van der Waals surface area contributed by atoms with Gasteiger partial charge >= 0.3 is 0 Å². The van der Waals surface area contributed by atoms with Crippen LogP contribution in [0, 0.1) is 12.8 Å². The summed E-state index contributed by atoms with van der Waals surface area (Å²) >= 11 is 0. The third-order valence-electron chi connectivity index (χ3n) is 3.77. The first-order valence-corrected chi connectivity index (χ1v) is 8.94. The number of hydrogen-bond donors (Lipinski definition) is 1. The molecule has 0 aromatic carbocycles. The van der Waals surface area contributed by atoms with Gasteiger partial charge in [-0.05, 0) is 38.8 Å². The van der Waals surface area contributed by atoms with Crippen LogP contribution in [0.25, 0.3) is 0 Å². The lowest BCUT2D eigenvalue weighted by Crippen LogP contribution is -2.45. The van der Waals surface area contributed by atoms with Crippen molar-refractivity contribution in [3.8, 4) is 0 Å². The molecule has 7 heteroatoms. The Labute approximate surface area is 125 Å². The molecule has 1 aromatic rings. The van der Waals surface area contributed by atoms with Crippen LogP contribution in [0.2, 0.25) is 0 Å². The number of carbonyl (C=O) groups excluding carboxylic acids is 1. The summed E-state index contributed by atoms with van der Waals surface area (Å²) in [5.41, 5.74) is 0. The molecule has 1 aliphatic heterocycles. The van der Waals surface area contributed by atoms with Crippen molar-refractivity contribution in [1.82, 2.24) is 9.62 Å². The van der Waals surface area contributed by atoms with Gasteiger partial charge in [-0.15, -0.1) is 0 Å². The summed E-state index contributed by atoms with van der Waals surface area (Å²) in [7, 11) is -3.23. The first-order chi connectivity index (χ1) is 9.77. The van der Waals surface area contributed by atoms with Crippen LogP contribution in [0.5, 0.6) is 0 Å². The van der Waals surface area contributed by atoms with Gasteiger partial charge in [0.05, 0.1) is 18.2 Å². The summed E-state index contributed by atoms with van der Waals surface area (Å²) in [6, 6.07) is 3.47. The zero-order valence-corrected chi connectivity index (χ0v) is 13.4. The van der Waals surface area contributed by atoms with Crippen molar-refractivity contribution >= 4 is 15.9 Å². The Morgan fingerprint density at radius 1 is 1.48 bits per heavy atom. The van der Waals surface area contributed by atoms with E-state index < -0.39 is 10.0 Å². The first-order valence-electron chi connectivity index (χ1n) is 7.09. The standard InChI is InChI=1S/C14H22N2O4S/c1-10-6-7-13(20-10)11(2)15-14(17)12-5-4-8-16(9-12)21(3,18)19/h6-7,11-12H,4-5,8-9H2,1-3H3,(H,15,17). The summed E-state index contributed by atoms with van der Waals surface area (Å²) in [5.74, 6) is 1.08. The number of piperidine rings is 1. The molecule has 1 fully saturated rings. The fourth-order valence-electron chi connectivity index (χ4n) is 2.55. The topological polar surface area (TPSA) is 79.6 Å². The number of aryl methyl sites for hydroxylation is 1. The Kier molecular flexibility index (Phi) is 4.73. The highest BCUT2D eigenvalue weighted by Crippen LogP contribution is 2.21. The van der Waals surface area contributed by atoms with E-state index in [0.29, 0.717) is 25.1 Å². The smallest absolute Gasteiger partial charge is 0.225 e. The second-order valence-electron chi connectivity index (χ2n) is 5.64. The van der Waals surface area contributed by atoms with Gasteiger partial charge in [0, 0.05) is 13.1 Å². The zero-order chi connectivity index (χ0) is 15.6. The number of amides is 1. The molecule has 1 aromatic heterocycles. The Hall–Kier alpha value is -1.34. The van der Waals surface area contributed by atoms with Crippen LogP contribution in [0.4, 0.5) is 0 Å². The first kappa shape index (κ1) is 16.0. The van der Waals surface area contributed by atoms with Crippen molar-refractivity contribution in [2.75, 3.05) is 19.3 Å². The van der Waals surface area contributed by atoms with Crippen molar-refractivity contribution in [3.05, 3.63) is 23.7 Å². The van der Waals surface area contributed by atoms with Gasteiger partial charge in [0.2, 0.25) is 15.9 Å². The number of rotatable bonds is 4. The summed E-state index contributed by atoms with van der Waals surface area (Å²) < 4.78 is 30.0. The quantitative estimate of drug-likeness (QED) is 0.912. The molecule has 2 rings (SSSR count). The molecule has 1 aliphatic rings. The normalized spacial score (nSPS) is 22.0. The summed E-state index contributed by atoms with van der Waals surface area (Å²) in [5, 5.41) is 2.90. The number of hydrogen-bond acceptors (Lipinski definition) is 4. The van der Waals surface area contributed by atoms with Crippen LogP contribution in [0.1, 0.15) is 37.3 Å². The Morgan fingerprint density at radius 3 is 2.76 bits per heavy atom. The molecule has 2 atom stereocenters. The molecule has 0 bridgehead atoms. The molecular formula is C14H22N2O4S. The van der Waals surface area contributed by atoms with Crippen LogP contribution < -0.4 is 5.32 Å². The molecule has 6 nitrogen and oxygen atoms in total. The van der Waals surface area contributed by atoms with Crippen LogP contribution >= 0.6 is 0 Å². The lowest BCUT2D eigenvalue weighted by Gasteiger charge is -2.30. The predicted molar refractivity (Wildman–Crippen MR) is 79.1 cm³/mol. The van der Waals surface area contributed by atoms with E-state index in [0.717, 1.165) is 5.76 Å². The average molecular weight is 314 g/mol. The Morgan fingerprint density at radius 2 is 2.19 bits per heavy atom. The minimum Gasteiger partial charge on any atom is -0.464 e. The average Bonchev–Trinajstić information content (AvgIpc) is 2.84. The molecule has 0 spiro atoms. The van der Waals surface area contributed by atoms with Gasteiger partial charge in [-0.25, -0.2) is 12.7 Å². The number of sulfonamides is 1. The van der Waals surface area contributed by atoms with Crippen molar-refractivity contribution in [2.24, 2.45) is 5.92 Å². The maximum absolute atomic E-state index is 12.3.